The van der Waals surface area contributed by atoms with Crippen molar-refractivity contribution in [2.24, 2.45) is 0 Å². The lowest BCUT2D eigenvalue weighted by Crippen LogP contribution is -2.34. The first-order valence-electron chi connectivity index (χ1n) is 12.2. The number of carbonyl (C=O) groups excluding carboxylic acids is 1. The minimum Gasteiger partial charge on any atom is -0.380 e. The van der Waals surface area contributed by atoms with Crippen LogP contribution < -0.4 is 10.9 Å². The summed E-state index contributed by atoms with van der Waals surface area (Å²) in [4.78, 5) is 29.9. The van der Waals surface area contributed by atoms with E-state index in [0.717, 1.165) is 41.7 Å². The van der Waals surface area contributed by atoms with Gasteiger partial charge in [-0.15, -0.1) is 11.3 Å². The Kier molecular flexibility index (Phi) is 8.33. The number of pyridine rings is 1. The second-order valence-corrected chi connectivity index (χ2v) is 9.56. The maximum atomic E-state index is 13.9. The molecule has 35 heavy (non-hydrogen) atoms. The standard InChI is InChI=1S/C28H33N3O3S/c1-4-30(5-2)18-16-29-27(32)26-22(19-34-3)24-25(35-26)21-13-9-10-14-23(21)31(28(24)33)17-15-20-11-7-6-8-12-20/h6-14H,4-5,15-19H2,1-3H3,(H,29,32). The van der Waals surface area contributed by atoms with Gasteiger partial charge in [0.1, 0.15) is 0 Å². The van der Waals surface area contributed by atoms with Crippen LogP contribution in [0.15, 0.2) is 59.4 Å². The maximum absolute atomic E-state index is 13.9. The number of ether oxygens (including phenoxy) is 1. The minimum atomic E-state index is -0.148. The second kappa shape index (κ2) is 11.6. The van der Waals surface area contributed by atoms with Gasteiger partial charge in [0, 0.05) is 37.7 Å². The molecule has 0 saturated heterocycles. The Morgan fingerprint density at radius 3 is 2.49 bits per heavy atom. The van der Waals surface area contributed by atoms with Gasteiger partial charge in [0.15, 0.2) is 0 Å². The highest BCUT2D eigenvalue weighted by Crippen LogP contribution is 2.35. The molecular formula is C28H33N3O3S. The van der Waals surface area contributed by atoms with Crippen molar-refractivity contribution in [2.45, 2.75) is 33.4 Å². The fraction of sp³-hybridized carbons (Fsp3) is 0.357. The maximum Gasteiger partial charge on any atom is 0.261 e. The lowest BCUT2D eigenvalue weighted by atomic mass is 10.1. The normalized spacial score (nSPS) is 11.5. The number of likely N-dealkylation sites (N-methyl/N-ethyl adjacent to an activating group) is 1. The molecule has 2 aromatic heterocycles. The van der Waals surface area contributed by atoms with Crippen molar-refractivity contribution in [1.82, 2.24) is 14.8 Å². The van der Waals surface area contributed by atoms with Crippen molar-refractivity contribution in [1.29, 1.82) is 0 Å². The van der Waals surface area contributed by atoms with Crippen molar-refractivity contribution in [3.63, 3.8) is 0 Å². The molecule has 2 heterocycles. The number of carbonyl (C=O) groups is 1. The van der Waals surface area contributed by atoms with Crippen LogP contribution in [0.1, 0.15) is 34.6 Å². The van der Waals surface area contributed by atoms with Crippen LogP contribution in [0.3, 0.4) is 0 Å². The molecule has 1 amide bonds. The summed E-state index contributed by atoms with van der Waals surface area (Å²) in [5.74, 6) is -0.148. The Bertz CT molecular complexity index is 1360. The summed E-state index contributed by atoms with van der Waals surface area (Å²) >= 11 is 1.39. The van der Waals surface area contributed by atoms with E-state index < -0.39 is 0 Å². The summed E-state index contributed by atoms with van der Waals surface area (Å²) < 4.78 is 8.16. The number of aromatic nitrogens is 1. The number of fused-ring (bicyclic) bond motifs is 3. The Hall–Kier alpha value is -3.00. The highest BCUT2D eigenvalue weighted by Gasteiger charge is 2.23. The van der Waals surface area contributed by atoms with E-state index in [2.05, 4.69) is 36.2 Å². The third kappa shape index (κ3) is 5.32. The molecule has 0 saturated carbocycles. The molecule has 0 bridgehead atoms. The van der Waals surface area contributed by atoms with E-state index >= 15 is 0 Å². The molecule has 0 spiro atoms. The zero-order valence-electron chi connectivity index (χ0n) is 20.7. The molecule has 0 aliphatic carbocycles. The minimum absolute atomic E-state index is 0.0693. The van der Waals surface area contributed by atoms with E-state index in [4.69, 9.17) is 4.74 Å². The van der Waals surface area contributed by atoms with Gasteiger partial charge in [0.05, 0.1) is 27.1 Å². The summed E-state index contributed by atoms with van der Waals surface area (Å²) in [6.45, 7) is 8.24. The van der Waals surface area contributed by atoms with Crippen LogP contribution in [0, 0.1) is 0 Å². The van der Waals surface area contributed by atoms with Crippen molar-refractivity contribution < 1.29 is 9.53 Å². The Balaban J connectivity index is 1.77. The van der Waals surface area contributed by atoms with Gasteiger partial charge in [-0.3, -0.25) is 9.59 Å². The Labute approximate surface area is 210 Å². The van der Waals surface area contributed by atoms with Crippen molar-refractivity contribution in [3.8, 4) is 0 Å². The van der Waals surface area contributed by atoms with Crippen LogP contribution in [0.5, 0.6) is 0 Å². The molecule has 1 N–H and O–H groups in total. The van der Waals surface area contributed by atoms with Gasteiger partial charge in [-0.25, -0.2) is 0 Å². The van der Waals surface area contributed by atoms with Gasteiger partial charge >= 0.3 is 0 Å². The monoisotopic (exact) mass is 491 g/mol. The van der Waals surface area contributed by atoms with E-state index in [1.165, 1.54) is 16.9 Å². The summed E-state index contributed by atoms with van der Waals surface area (Å²) in [7, 11) is 1.60. The Morgan fingerprint density at radius 1 is 1.06 bits per heavy atom. The lowest BCUT2D eigenvalue weighted by molar-refractivity contribution is 0.0948. The van der Waals surface area contributed by atoms with Gasteiger partial charge in [-0.05, 0) is 31.1 Å². The van der Waals surface area contributed by atoms with Gasteiger partial charge in [0.25, 0.3) is 11.5 Å². The number of benzene rings is 2. The molecule has 4 rings (SSSR count). The molecule has 0 aliphatic rings. The van der Waals surface area contributed by atoms with E-state index in [1.54, 1.807) is 7.11 Å². The molecule has 0 fully saturated rings. The molecule has 2 aromatic carbocycles. The van der Waals surface area contributed by atoms with Crippen molar-refractivity contribution >= 4 is 38.2 Å². The quantitative estimate of drug-likeness (QED) is 0.331. The highest BCUT2D eigenvalue weighted by atomic mass is 32.1. The van der Waals surface area contributed by atoms with Gasteiger partial charge in [-0.2, -0.15) is 0 Å². The zero-order valence-corrected chi connectivity index (χ0v) is 21.5. The molecule has 0 unspecified atom stereocenters. The van der Waals surface area contributed by atoms with E-state index in [9.17, 15) is 9.59 Å². The van der Waals surface area contributed by atoms with Crippen LogP contribution in [0.25, 0.3) is 21.0 Å². The van der Waals surface area contributed by atoms with Crippen LogP contribution in [0.4, 0.5) is 0 Å². The molecule has 7 heteroatoms. The number of methoxy groups -OCH3 is 1. The molecule has 0 radical (unpaired) electrons. The SMILES string of the molecule is CCN(CC)CCNC(=O)c1sc2c(c1COC)c(=O)n(CCc1ccccc1)c1ccccc21. The predicted octanol–water partition coefficient (Wildman–Crippen LogP) is 4.68. The summed E-state index contributed by atoms with van der Waals surface area (Å²) in [6, 6.07) is 18.1. The average Bonchev–Trinajstić information content (AvgIpc) is 3.27. The molecule has 0 aliphatic heterocycles. The first-order valence-corrected chi connectivity index (χ1v) is 13.0. The molecule has 184 valence electrons. The molecular weight excluding hydrogens is 458 g/mol. The van der Waals surface area contributed by atoms with Crippen molar-refractivity contribution in [3.05, 3.63) is 81.0 Å². The number of thiophene rings is 1. The fourth-order valence-electron chi connectivity index (χ4n) is 4.55. The number of aryl methyl sites for hydroxylation is 2. The average molecular weight is 492 g/mol. The molecule has 4 aromatic rings. The highest BCUT2D eigenvalue weighted by molar-refractivity contribution is 7.22. The summed E-state index contributed by atoms with van der Waals surface area (Å²) in [6.07, 6.45) is 0.749. The summed E-state index contributed by atoms with van der Waals surface area (Å²) in [5.41, 5.74) is 2.68. The largest absolute Gasteiger partial charge is 0.380 e. The number of nitrogens with zero attached hydrogens (tertiary/aromatic N) is 2. The van der Waals surface area contributed by atoms with E-state index in [0.29, 0.717) is 28.9 Å². The van der Waals surface area contributed by atoms with Crippen LogP contribution in [0.2, 0.25) is 0 Å². The number of amides is 1. The number of hydrogen-bond donors (Lipinski definition) is 1. The number of hydrogen-bond acceptors (Lipinski definition) is 5. The first kappa shape index (κ1) is 25.1. The van der Waals surface area contributed by atoms with E-state index in [-0.39, 0.29) is 18.1 Å². The smallest absolute Gasteiger partial charge is 0.261 e. The lowest BCUT2D eigenvalue weighted by Gasteiger charge is -2.17. The van der Waals surface area contributed by atoms with Gasteiger partial charge < -0.3 is 19.5 Å². The third-order valence-corrected chi connectivity index (χ3v) is 7.74. The van der Waals surface area contributed by atoms with Crippen molar-refractivity contribution in [2.75, 3.05) is 33.3 Å². The topological polar surface area (TPSA) is 63.6 Å². The zero-order chi connectivity index (χ0) is 24.8. The molecule has 0 atom stereocenters. The fourth-order valence-corrected chi connectivity index (χ4v) is 5.80. The Morgan fingerprint density at radius 2 is 1.77 bits per heavy atom. The van der Waals surface area contributed by atoms with Crippen LogP contribution in [-0.4, -0.2) is 48.7 Å². The number of nitrogens with one attached hydrogen (secondary N) is 1. The van der Waals surface area contributed by atoms with Gasteiger partial charge in [-0.1, -0.05) is 62.4 Å². The van der Waals surface area contributed by atoms with Gasteiger partial charge in [0.2, 0.25) is 0 Å². The van der Waals surface area contributed by atoms with E-state index in [1.807, 2.05) is 47.0 Å². The predicted molar refractivity (Wildman–Crippen MR) is 145 cm³/mol. The second-order valence-electron chi connectivity index (χ2n) is 8.54. The number of para-hydroxylation sites is 1. The third-order valence-electron chi connectivity index (χ3n) is 6.48. The summed E-state index contributed by atoms with van der Waals surface area (Å²) in [5, 5.41) is 4.63. The first-order chi connectivity index (χ1) is 17.1. The molecule has 6 nitrogen and oxygen atoms in total. The number of rotatable bonds is 11. The van der Waals surface area contributed by atoms with Crippen LogP contribution >= 0.6 is 11.3 Å². The van der Waals surface area contributed by atoms with Crippen LogP contribution in [-0.2, 0) is 24.3 Å².